The zero-order valence-corrected chi connectivity index (χ0v) is 27.2. The zero-order chi connectivity index (χ0) is 33.0. The maximum Gasteiger partial charge on any atom is 0.329 e. The highest BCUT2D eigenvalue weighted by molar-refractivity contribution is 5.92. The van der Waals surface area contributed by atoms with Gasteiger partial charge in [0.2, 0.25) is 11.8 Å². The van der Waals surface area contributed by atoms with Crippen molar-refractivity contribution in [1.82, 2.24) is 15.5 Å². The third-order valence-electron chi connectivity index (χ3n) is 8.31. The molecule has 0 aromatic heterocycles. The largest absolute Gasteiger partial charge is 0.461 e. The number of esters is 2. The van der Waals surface area contributed by atoms with Crippen molar-refractivity contribution in [2.75, 3.05) is 13.6 Å². The summed E-state index contributed by atoms with van der Waals surface area (Å²) in [5, 5.41) is 5.60. The van der Waals surface area contributed by atoms with Gasteiger partial charge in [-0.1, -0.05) is 64.4 Å². The first-order valence-electron chi connectivity index (χ1n) is 15.5. The van der Waals surface area contributed by atoms with E-state index in [1.54, 1.807) is 27.7 Å². The van der Waals surface area contributed by atoms with Crippen LogP contribution in [0.2, 0.25) is 0 Å². The number of unbranched alkanes of at least 4 members (excludes halogenated alkanes) is 1. The van der Waals surface area contributed by atoms with Gasteiger partial charge in [0.05, 0.1) is 11.8 Å². The molecular weight excluding hydrogens is 562 g/mol. The molecule has 2 unspecified atom stereocenters. The Morgan fingerprint density at radius 2 is 1.73 bits per heavy atom. The maximum absolute atomic E-state index is 13.9. The van der Waals surface area contributed by atoms with Gasteiger partial charge in [-0.15, -0.1) is 12.3 Å². The summed E-state index contributed by atoms with van der Waals surface area (Å²) in [5.74, 6) is -1.04. The standard InChI is InChI=1S/C34H49N3O7/c1-9-11-13-18-26-34(6,7)33(42)36-28(23(5)10-2)32(41)44-29(22(3)4)31(40)37(8)25(21-24-16-14-12-15-17-24)30(39)35-20-19-27(38)43-26/h1,12,14-17,22-23,25-26,28-29H,10-11,13,18-21H2,2-8H3,(H,35,39)(H,36,42)/t23-,25+,26?,28-,29?/m0/s1. The Kier molecular flexibility index (Phi) is 13.9. The fourth-order valence-electron chi connectivity index (χ4n) is 4.99. The topological polar surface area (TPSA) is 131 Å². The van der Waals surface area contributed by atoms with Gasteiger partial charge < -0.3 is 25.0 Å². The number of cyclic esters (lactones) is 2. The summed E-state index contributed by atoms with van der Waals surface area (Å²) in [6, 6.07) is 7.23. The fraction of sp³-hybridized carbons (Fsp3) is 0.618. The molecular formula is C34H49N3O7. The first-order chi connectivity index (χ1) is 20.7. The molecule has 2 rings (SSSR count). The summed E-state index contributed by atoms with van der Waals surface area (Å²) in [6.45, 7) is 10.5. The van der Waals surface area contributed by atoms with Crippen LogP contribution in [0.5, 0.6) is 0 Å². The Morgan fingerprint density at radius 1 is 1.07 bits per heavy atom. The summed E-state index contributed by atoms with van der Waals surface area (Å²) >= 11 is 0. The second kappa shape index (κ2) is 16.8. The number of amides is 3. The average molecular weight is 612 g/mol. The van der Waals surface area contributed by atoms with Gasteiger partial charge in [-0.2, -0.15) is 0 Å². The predicted molar refractivity (Wildman–Crippen MR) is 167 cm³/mol. The van der Waals surface area contributed by atoms with Crippen LogP contribution >= 0.6 is 0 Å². The van der Waals surface area contributed by atoms with Crippen LogP contribution in [0.3, 0.4) is 0 Å². The zero-order valence-electron chi connectivity index (χ0n) is 27.2. The number of ether oxygens (including phenoxy) is 2. The van der Waals surface area contributed by atoms with E-state index in [2.05, 4.69) is 16.6 Å². The minimum Gasteiger partial charge on any atom is -0.461 e. The Bertz CT molecular complexity index is 1190. The normalized spacial score (nSPS) is 24.8. The van der Waals surface area contributed by atoms with Gasteiger partial charge in [-0.05, 0) is 44.1 Å². The van der Waals surface area contributed by atoms with Crippen LogP contribution < -0.4 is 10.6 Å². The number of nitrogens with one attached hydrogen (secondary N) is 2. The lowest BCUT2D eigenvalue weighted by Crippen LogP contribution is -2.56. The van der Waals surface area contributed by atoms with E-state index >= 15 is 0 Å². The van der Waals surface area contributed by atoms with Gasteiger partial charge in [0.1, 0.15) is 18.2 Å². The van der Waals surface area contributed by atoms with E-state index in [0.29, 0.717) is 25.7 Å². The summed E-state index contributed by atoms with van der Waals surface area (Å²) in [6.07, 6.45) is 5.27. The van der Waals surface area contributed by atoms with Crippen molar-refractivity contribution in [2.24, 2.45) is 17.3 Å². The summed E-state index contributed by atoms with van der Waals surface area (Å²) in [7, 11) is 1.50. The lowest BCUT2D eigenvalue weighted by Gasteiger charge is -2.35. The molecule has 1 heterocycles. The minimum absolute atomic E-state index is 0.0344. The molecule has 10 heteroatoms. The number of nitrogens with zero attached hydrogens (tertiary/aromatic N) is 1. The lowest BCUT2D eigenvalue weighted by atomic mass is 9.82. The monoisotopic (exact) mass is 611 g/mol. The number of rotatable bonds is 8. The van der Waals surface area contributed by atoms with Crippen molar-refractivity contribution in [1.29, 1.82) is 0 Å². The molecule has 1 aromatic rings. The lowest BCUT2D eigenvalue weighted by molar-refractivity contribution is -0.168. The van der Waals surface area contributed by atoms with Crippen molar-refractivity contribution in [3.8, 4) is 12.3 Å². The number of terminal acetylenes is 1. The Labute approximate surface area is 262 Å². The third-order valence-corrected chi connectivity index (χ3v) is 8.31. The molecule has 1 saturated heterocycles. The van der Waals surface area contributed by atoms with Gasteiger partial charge in [-0.3, -0.25) is 19.2 Å². The Hall–Kier alpha value is -3.87. The molecule has 1 fully saturated rings. The second-order valence-corrected chi connectivity index (χ2v) is 12.4. The molecule has 0 radical (unpaired) electrons. The molecule has 5 atom stereocenters. The van der Waals surface area contributed by atoms with Crippen molar-refractivity contribution >= 4 is 29.7 Å². The molecule has 3 amide bonds. The smallest absolute Gasteiger partial charge is 0.329 e. The van der Waals surface area contributed by atoms with E-state index < -0.39 is 65.3 Å². The molecule has 2 N–H and O–H groups in total. The van der Waals surface area contributed by atoms with E-state index in [1.807, 2.05) is 44.2 Å². The van der Waals surface area contributed by atoms with Crippen LogP contribution in [0.4, 0.5) is 0 Å². The molecule has 10 nitrogen and oxygen atoms in total. The highest BCUT2D eigenvalue weighted by Gasteiger charge is 2.43. The van der Waals surface area contributed by atoms with Crippen molar-refractivity contribution in [3.05, 3.63) is 35.9 Å². The minimum atomic E-state index is -1.23. The van der Waals surface area contributed by atoms with Crippen LogP contribution in [0.1, 0.15) is 79.2 Å². The van der Waals surface area contributed by atoms with E-state index in [1.165, 1.54) is 11.9 Å². The quantitative estimate of drug-likeness (QED) is 0.262. The van der Waals surface area contributed by atoms with E-state index in [9.17, 15) is 24.0 Å². The molecule has 1 aliphatic rings. The molecule has 1 aliphatic heterocycles. The number of likely N-dealkylation sites (N-methyl/N-ethyl adjacent to an activating group) is 1. The van der Waals surface area contributed by atoms with Gasteiger partial charge in [0.25, 0.3) is 5.91 Å². The maximum atomic E-state index is 13.9. The van der Waals surface area contributed by atoms with Gasteiger partial charge in [0.15, 0.2) is 6.10 Å². The van der Waals surface area contributed by atoms with Crippen LogP contribution in [0.15, 0.2) is 30.3 Å². The molecule has 1 aromatic carbocycles. The van der Waals surface area contributed by atoms with Crippen LogP contribution in [-0.4, -0.2) is 72.4 Å². The second-order valence-electron chi connectivity index (χ2n) is 12.4. The fourth-order valence-corrected chi connectivity index (χ4v) is 4.99. The first-order valence-corrected chi connectivity index (χ1v) is 15.5. The van der Waals surface area contributed by atoms with Crippen LogP contribution in [-0.2, 0) is 39.9 Å². The van der Waals surface area contributed by atoms with Crippen LogP contribution in [0, 0.1) is 29.6 Å². The average Bonchev–Trinajstić information content (AvgIpc) is 2.99. The number of carbonyl (C=O) groups excluding carboxylic acids is 5. The molecule has 0 bridgehead atoms. The Morgan fingerprint density at radius 3 is 2.32 bits per heavy atom. The summed E-state index contributed by atoms with van der Waals surface area (Å²) in [4.78, 5) is 69.0. The molecule has 44 heavy (non-hydrogen) atoms. The highest BCUT2D eigenvalue weighted by Crippen LogP contribution is 2.29. The summed E-state index contributed by atoms with van der Waals surface area (Å²) < 4.78 is 11.6. The van der Waals surface area contributed by atoms with Crippen molar-refractivity contribution in [2.45, 2.75) is 104 Å². The Balaban J connectivity index is 2.55. The third kappa shape index (κ3) is 9.83. The van der Waals surface area contributed by atoms with Gasteiger partial charge in [-0.25, -0.2) is 4.79 Å². The predicted octanol–water partition coefficient (Wildman–Crippen LogP) is 3.42. The molecule has 0 saturated carbocycles. The molecule has 0 aliphatic carbocycles. The molecule has 0 spiro atoms. The summed E-state index contributed by atoms with van der Waals surface area (Å²) in [5.41, 5.74) is -0.408. The van der Waals surface area contributed by atoms with Crippen LogP contribution in [0.25, 0.3) is 0 Å². The number of hydrogen-bond donors (Lipinski definition) is 2. The SMILES string of the molecule is C#CCCCC1OC(=O)CCNC(=O)[C@@H](Cc2ccccc2)N(C)C(=O)C(C(C)C)OC(=O)[C@H]([C@@H](C)CC)NC(=O)C1(C)C. The molecule has 242 valence electrons. The van der Waals surface area contributed by atoms with Gasteiger partial charge >= 0.3 is 11.9 Å². The first kappa shape index (κ1) is 36.3. The number of benzene rings is 1. The van der Waals surface area contributed by atoms with E-state index in [0.717, 1.165) is 5.56 Å². The number of hydrogen-bond acceptors (Lipinski definition) is 7. The highest BCUT2D eigenvalue weighted by atomic mass is 16.6. The van der Waals surface area contributed by atoms with Crippen molar-refractivity contribution < 1.29 is 33.4 Å². The van der Waals surface area contributed by atoms with E-state index in [4.69, 9.17) is 15.9 Å². The van der Waals surface area contributed by atoms with E-state index in [-0.39, 0.29) is 25.3 Å². The van der Waals surface area contributed by atoms with Crippen molar-refractivity contribution in [3.63, 3.8) is 0 Å². The van der Waals surface area contributed by atoms with Gasteiger partial charge in [0, 0.05) is 26.4 Å². The number of carbonyl (C=O) groups is 5.